The van der Waals surface area contributed by atoms with Crippen LogP contribution in [-0.2, 0) is 0 Å². The van der Waals surface area contributed by atoms with Crippen LogP contribution in [0.1, 0.15) is 30.7 Å². The second-order valence-corrected chi connectivity index (χ2v) is 4.66. The van der Waals surface area contributed by atoms with Crippen molar-refractivity contribution in [2.45, 2.75) is 26.2 Å². The highest BCUT2D eigenvalue weighted by Crippen LogP contribution is 2.08. The SMILES string of the molecule is Cc1cc(C#N)nc(NCCN2CCCCC2)n1. The number of aryl methyl sites for hydroxylation is 1. The van der Waals surface area contributed by atoms with Gasteiger partial charge in [-0.05, 0) is 38.9 Å². The highest BCUT2D eigenvalue weighted by molar-refractivity contribution is 5.32. The number of nitrogens with zero attached hydrogens (tertiary/aromatic N) is 4. The lowest BCUT2D eigenvalue weighted by Crippen LogP contribution is -2.33. The predicted octanol–water partition coefficient (Wildman–Crippen LogP) is 1.55. The lowest BCUT2D eigenvalue weighted by Gasteiger charge is -2.26. The molecule has 0 atom stereocenters. The van der Waals surface area contributed by atoms with Gasteiger partial charge < -0.3 is 10.2 Å². The Kier molecular flexibility index (Phi) is 4.48. The van der Waals surface area contributed by atoms with Crippen LogP contribution in [-0.4, -0.2) is 41.0 Å². The Bertz CT molecular complexity index is 431. The molecule has 18 heavy (non-hydrogen) atoms. The first kappa shape index (κ1) is 12.8. The smallest absolute Gasteiger partial charge is 0.224 e. The molecule has 1 aromatic heterocycles. The van der Waals surface area contributed by atoms with E-state index in [0.717, 1.165) is 18.8 Å². The maximum atomic E-state index is 8.84. The van der Waals surface area contributed by atoms with Gasteiger partial charge in [0.15, 0.2) is 0 Å². The number of likely N-dealkylation sites (tertiary alicyclic amines) is 1. The third-order valence-corrected chi connectivity index (χ3v) is 3.13. The maximum absolute atomic E-state index is 8.84. The Balaban J connectivity index is 1.82. The molecule has 1 N–H and O–H groups in total. The van der Waals surface area contributed by atoms with Crippen molar-refractivity contribution < 1.29 is 0 Å². The van der Waals surface area contributed by atoms with Gasteiger partial charge in [0.2, 0.25) is 5.95 Å². The van der Waals surface area contributed by atoms with E-state index in [2.05, 4.69) is 20.2 Å². The van der Waals surface area contributed by atoms with E-state index in [0.29, 0.717) is 11.6 Å². The molecular weight excluding hydrogens is 226 g/mol. The van der Waals surface area contributed by atoms with E-state index in [9.17, 15) is 0 Å². The highest BCUT2D eigenvalue weighted by atomic mass is 15.2. The molecule has 1 saturated heterocycles. The summed E-state index contributed by atoms with van der Waals surface area (Å²) in [6.07, 6.45) is 3.97. The van der Waals surface area contributed by atoms with Crippen LogP contribution in [0.15, 0.2) is 6.07 Å². The zero-order valence-electron chi connectivity index (χ0n) is 10.8. The van der Waals surface area contributed by atoms with Crippen LogP contribution in [0.3, 0.4) is 0 Å². The van der Waals surface area contributed by atoms with E-state index in [1.807, 2.05) is 13.0 Å². The largest absolute Gasteiger partial charge is 0.353 e. The van der Waals surface area contributed by atoms with Gasteiger partial charge in [0.1, 0.15) is 11.8 Å². The molecule has 1 aliphatic heterocycles. The first-order valence-electron chi connectivity index (χ1n) is 6.50. The zero-order chi connectivity index (χ0) is 12.8. The molecule has 2 heterocycles. The second-order valence-electron chi connectivity index (χ2n) is 4.66. The van der Waals surface area contributed by atoms with Crippen molar-refractivity contribution >= 4 is 5.95 Å². The Morgan fingerprint density at radius 3 is 2.83 bits per heavy atom. The van der Waals surface area contributed by atoms with Gasteiger partial charge in [-0.3, -0.25) is 0 Å². The van der Waals surface area contributed by atoms with Crippen LogP contribution in [0.4, 0.5) is 5.95 Å². The molecule has 0 saturated carbocycles. The van der Waals surface area contributed by atoms with Crippen LogP contribution in [0.2, 0.25) is 0 Å². The van der Waals surface area contributed by atoms with Crippen molar-refractivity contribution in [1.29, 1.82) is 5.26 Å². The summed E-state index contributed by atoms with van der Waals surface area (Å²) in [4.78, 5) is 10.9. The van der Waals surface area contributed by atoms with Crippen LogP contribution >= 0.6 is 0 Å². The van der Waals surface area contributed by atoms with Crippen LogP contribution in [0, 0.1) is 18.3 Å². The number of piperidine rings is 1. The van der Waals surface area contributed by atoms with E-state index in [1.54, 1.807) is 6.07 Å². The van der Waals surface area contributed by atoms with E-state index >= 15 is 0 Å². The fourth-order valence-corrected chi connectivity index (χ4v) is 2.21. The highest BCUT2D eigenvalue weighted by Gasteiger charge is 2.09. The number of aromatic nitrogens is 2. The molecule has 0 unspecified atom stereocenters. The summed E-state index contributed by atoms with van der Waals surface area (Å²) in [5.74, 6) is 0.559. The van der Waals surface area contributed by atoms with Gasteiger partial charge in [-0.25, -0.2) is 9.97 Å². The second kappa shape index (κ2) is 6.31. The minimum atomic E-state index is 0.419. The number of rotatable bonds is 4. The summed E-state index contributed by atoms with van der Waals surface area (Å²) in [7, 11) is 0. The molecule has 0 aliphatic carbocycles. The van der Waals surface area contributed by atoms with Gasteiger partial charge in [0, 0.05) is 18.8 Å². The average molecular weight is 245 g/mol. The molecule has 0 bridgehead atoms. The number of hydrogen-bond acceptors (Lipinski definition) is 5. The van der Waals surface area contributed by atoms with Crippen LogP contribution < -0.4 is 5.32 Å². The minimum Gasteiger partial charge on any atom is -0.353 e. The standard InChI is InChI=1S/C13H19N5/c1-11-9-12(10-14)17-13(16-11)15-5-8-18-6-3-2-4-7-18/h9H,2-8H2,1H3,(H,15,16,17). The topological polar surface area (TPSA) is 64.8 Å². The summed E-state index contributed by atoms with van der Waals surface area (Å²) in [5.41, 5.74) is 1.24. The lowest BCUT2D eigenvalue weighted by atomic mass is 10.1. The Hall–Kier alpha value is -1.67. The van der Waals surface area contributed by atoms with E-state index in [4.69, 9.17) is 5.26 Å². The summed E-state index contributed by atoms with van der Waals surface area (Å²) < 4.78 is 0. The van der Waals surface area contributed by atoms with Crippen molar-refractivity contribution in [3.63, 3.8) is 0 Å². The van der Waals surface area contributed by atoms with Gasteiger partial charge >= 0.3 is 0 Å². The molecule has 1 fully saturated rings. The molecule has 5 heteroatoms. The molecule has 0 radical (unpaired) electrons. The third-order valence-electron chi connectivity index (χ3n) is 3.13. The lowest BCUT2D eigenvalue weighted by molar-refractivity contribution is 0.237. The van der Waals surface area contributed by atoms with Gasteiger partial charge in [0.05, 0.1) is 0 Å². The van der Waals surface area contributed by atoms with Crippen molar-refractivity contribution in [3.05, 3.63) is 17.5 Å². The number of nitriles is 1. The Morgan fingerprint density at radius 1 is 1.33 bits per heavy atom. The average Bonchev–Trinajstić information content (AvgIpc) is 2.39. The van der Waals surface area contributed by atoms with Gasteiger partial charge in [-0.1, -0.05) is 6.42 Å². The molecule has 1 aromatic rings. The minimum absolute atomic E-state index is 0.419. The normalized spacial score (nSPS) is 16.2. The molecule has 1 aliphatic rings. The molecule has 96 valence electrons. The monoisotopic (exact) mass is 245 g/mol. The van der Waals surface area contributed by atoms with Crippen molar-refractivity contribution in [2.75, 3.05) is 31.5 Å². The fourth-order valence-electron chi connectivity index (χ4n) is 2.21. The zero-order valence-corrected chi connectivity index (χ0v) is 10.8. The molecular formula is C13H19N5. The number of anilines is 1. The van der Waals surface area contributed by atoms with Crippen LogP contribution in [0.25, 0.3) is 0 Å². The maximum Gasteiger partial charge on any atom is 0.224 e. The van der Waals surface area contributed by atoms with Gasteiger partial charge in [-0.15, -0.1) is 0 Å². The first-order valence-corrected chi connectivity index (χ1v) is 6.50. The van der Waals surface area contributed by atoms with Crippen molar-refractivity contribution in [2.24, 2.45) is 0 Å². The van der Waals surface area contributed by atoms with Gasteiger partial charge in [-0.2, -0.15) is 5.26 Å². The molecule has 5 nitrogen and oxygen atoms in total. The summed E-state index contributed by atoms with van der Waals surface area (Å²) >= 11 is 0. The predicted molar refractivity (Wildman–Crippen MR) is 70.3 cm³/mol. The van der Waals surface area contributed by atoms with E-state index in [1.165, 1.54) is 32.4 Å². The number of hydrogen-bond donors (Lipinski definition) is 1. The number of nitrogens with one attached hydrogen (secondary N) is 1. The molecule has 0 aromatic carbocycles. The van der Waals surface area contributed by atoms with E-state index in [-0.39, 0.29) is 0 Å². The molecule has 0 spiro atoms. The molecule has 2 rings (SSSR count). The Morgan fingerprint density at radius 2 is 2.11 bits per heavy atom. The summed E-state index contributed by atoms with van der Waals surface area (Å²) in [6.45, 7) is 6.10. The van der Waals surface area contributed by atoms with E-state index < -0.39 is 0 Å². The van der Waals surface area contributed by atoms with Crippen molar-refractivity contribution in [3.8, 4) is 6.07 Å². The van der Waals surface area contributed by atoms with Crippen molar-refractivity contribution in [1.82, 2.24) is 14.9 Å². The fraction of sp³-hybridized carbons (Fsp3) is 0.615. The molecule has 0 amide bonds. The summed E-state index contributed by atoms with van der Waals surface area (Å²) in [6, 6.07) is 3.74. The first-order chi connectivity index (χ1) is 8.78. The Labute approximate surface area is 108 Å². The van der Waals surface area contributed by atoms with Gasteiger partial charge in [0.25, 0.3) is 0 Å². The quantitative estimate of drug-likeness (QED) is 0.872. The summed E-state index contributed by atoms with van der Waals surface area (Å²) in [5, 5.41) is 12.0. The van der Waals surface area contributed by atoms with Crippen LogP contribution in [0.5, 0.6) is 0 Å². The third kappa shape index (κ3) is 3.67.